The van der Waals surface area contributed by atoms with Crippen molar-refractivity contribution in [3.8, 4) is 17.6 Å². The molecule has 0 aromatic heterocycles. The number of primary amides is 1. The Morgan fingerprint density at radius 1 is 1.38 bits per heavy atom. The normalized spacial score (nSPS) is 9.90. The summed E-state index contributed by atoms with van der Waals surface area (Å²) in [5.74, 6) is -0.555. The lowest BCUT2D eigenvalue weighted by Gasteiger charge is -2.08. The summed E-state index contributed by atoms with van der Waals surface area (Å²) in [5.41, 5.74) is 5.51. The van der Waals surface area contributed by atoms with Gasteiger partial charge in [0.2, 0.25) is 0 Å². The van der Waals surface area contributed by atoms with Crippen LogP contribution in [0.15, 0.2) is 24.3 Å². The predicted octanol–water partition coefficient (Wildman–Crippen LogP) is 0.639. The number of carbonyl (C=O) groups excluding carboxylic acids is 2. The smallest absolute Gasteiger partial charge is 0.331 e. The van der Waals surface area contributed by atoms with Gasteiger partial charge in [0, 0.05) is 6.08 Å². The van der Waals surface area contributed by atoms with Crippen LogP contribution in [-0.2, 0) is 14.3 Å². The quantitative estimate of drug-likeness (QED) is 0.582. The summed E-state index contributed by atoms with van der Waals surface area (Å²) >= 11 is 0. The summed E-state index contributed by atoms with van der Waals surface area (Å²) in [6.07, 6.45) is 2.65. The van der Waals surface area contributed by atoms with E-state index in [9.17, 15) is 9.59 Å². The van der Waals surface area contributed by atoms with Gasteiger partial charge in [-0.15, -0.1) is 0 Å². The van der Waals surface area contributed by atoms with Crippen molar-refractivity contribution in [2.45, 2.75) is 0 Å². The van der Waals surface area contributed by atoms with Crippen molar-refractivity contribution in [2.24, 2.45) is 5.73 Å². The maximum Gasteiger partial charge on any atom is 0.331 e. The lowest BCUT2D eigenvalue weighted by molar-refractivity contribution is -0.142. The van der Waals surface area contributed by atoms with Crippen molar-refractivity contribution in [3.63, 3.8) is 0 Å². The van der Waals surface area contributed by atoms with Crippen LogP contribution in [0.3, 0.4) is 0 Å². The molecule has 0 spiro atoms. The Bertz CT molecular complexity index is 590. The number of benzene rings is 1. The van der Waals surface area contributed by atoms with E-state index in [0.717, 1.165) is 6.08 Å². The molecule has 0 atom stereocenters. The molecule has 0 aliphatic carbocycles. The fourth-order valence-corrected chi connectivity index (χ4v) is 1.37. The highest BCUT2D eigenvalue weighted by molar-refractivity contribution is 5.89. The second-order valence-electron chi connectivity index (χ2n) is 3.76. The predicted molar refractivity (Wildman–Crippen MR) is 73.3 cm³/mol. The minimum atomic E-state index is -0.725. The van der Waals surface area contributed by atoms with E-state index in [4.69, 9.17) is 20.5 Å². The summed E-state index contributed by atoms with van der Waals surface area (Å²) in [5, 5.41) is 8.47. The Morgan fingerprint density at radius 3 is 2.76 bits per heavy atom. The van der Waals surface area contributed by atoms with Crippen LogP contribution in [0.4, 0.5) is 0 Å². The van der Waals surface area contributed by atoms with Gasteiger partial charge in [-0.05, 0) is 23.8 Å². The summed E-state index contributed by atoms with van der Waals surface area (Å²) in [7, 11) is 1.46. The van der Waals surface area contributed by atoms with Crippen LogP contribution in [0.1, 0.15) is 5.56 Å². The van der Waals surface area contributed by atoms with Crippen LogP contribution in [-0.4, -0.2) is 32.2 Å². The molecule has 0 heterocycles. The van der Waals surface area contributed by atoms with Gasteiger partial charge in [-0.25, -0.2) is 4.79 Å². The van der Waals surface area contributed by atoms with Crippen molar-refractivity contribution in [1.82, 2.24) is 0 Å². The second kappa shape index (κ2) is 8.22. The lowest BCUT2D eigenvalue weighted by Crippen LogP contribution is -2.19. The van der Waals surface area contributed by atoms with E-state index < -0.39 is 18.5 Å². The molecule has 7 heteroatoms. The lowest BCUT2D eigenvalue weighted by atomic mass is 10.2. The minimum Gasteiger partial charge on any atom is -0.493 e. The molecule has 0 unspecified atom stereocenters. The first kappa shape index (κ1) is 16.0. The first-order chi connectivity index (χ1) is 10.1. The Kier molecular flexibility index (Phi) is 6.28. The molecule has 0 aliphatic heterocycles. The van der Waals surface area contributed by atoms with Crippen LogP contribution in [0, 0.1) is 11.3 Å². The van der Waals surface area contributed by atoms with Gasteiger partial charge in [-0.2, -0.15) is 5.26 Å². The standard InChI is InChI=1S/C14H14N2O5/c1-19-12-8-10(2-4-11(12)20-7-6-15)3-5-14(18)21-9-13(16)17/h2-5,8H,7,9H2,1H3,(H2,16,17). The molecule has 0 fully saturated rings. The topological polar surface area (TPSA) is 112 Å². The number of amides is 1. The number of hydrogen-bond donors (Lipinski definition) is 1. The van der Waals surface area contributed by atoms with Gasteiger partial charge in [0.25, 0.3) is 5.91 Å². The molecule has 0 saturated carbocycles. The number of nitrogens with two attached hydrogens (primary N) is 1. The molecule has 2 N–H and O–H groups in total. The molecule has 0 radical (unpaired) electrons. The maximum absolute atomic E-state index is 11.3. The van der Waals surface area contributed by atoms with E-state index >= 15 is 0 Å². The number of nitriles is 1. The highest BCUT2D eigenvalue weighted by Gasteiger charge is 2.05. The number of rotatable bonds is 7. The average Bonchev–Trinajstić information content (AvgIpc) is 2.49. The molecule has 1 aromatic carbocycles. The number of methoxy groups -OCH3 is 1. The molecule has 21 heavy (non-hydrogen) atoms. The van der Waals surface area contributed by atoms with Crippen LogP contribution in [0.5, 0.6) is 11.5 Å². The molecule has 1 amide bonds. The van der Waals surface area contributed by atoms with Gasteiger partial charge in [0.1, 0.15) is 6.07 Å². The van der Waals surface area contributed by atoms with Crippen molar-refractivity contribution in [1.29, 1.82) is 5.26 Å². The van der Waals surface area contributed by atoms with Crippen LogP contribution in [0.2, 0.25) is 0 Å². The average molecular weight is 290 g/mol. The van der Waals surface area contributed by atoms with Crippen molar-refractivity contribution in [3.05, 3.63) is 29.8 Å². The molecule has 7 nitrogen and oxygen atoms in total. The van der Waals surface area contributed by atoms with Crippen LogP contribution >= 0.6 is 0 Å². The largest absolute Gasteiger partial charge is 0.493 e. The minimum absolute atomic E-state index is 0.0923. The zero-order valence-corrected chi connectivity index (χ0v) is 11.4. The summed E-state index contributed by atoms with van der Waals surface area (Å²) in [4.78, 5) is 21.7. The second-order valence-corrected chi connectivity index (χ2v) is 3.76. The molecular formula is C14H14N2O5. The number of nitrogens with zero attached hydrogens (tertiary/aromatic N) is 1. The Balaban J connectivity index is 2.73. The molecule has 0 saturated heterocycles. The fraction of sp³-hybridized carbons (Fsp3) is 0.214. The van der Waals surface area contributed by atoms with E-state index in [1.54, 1.807) is 18.2 Å². The molecule has 0 bridgehead atoms. The number of esters is 1. The zero-order chi connectivity index (χ0) is 15.7. The number of hydrogen-bond acceptors (Lipinski definition) is 6. The van der Waals surface area contributed by atoms with Crippen LogP contribution < -0.4 is 15.2 Å². The van der Waals surface area contributed by atoms with Gasteiger partial charge in [0.15, 0.2) is 24.7 Å². The highest BCUT2D eigenvalue weighted by atomic mass is 16.5. The van der Waals surface area contributed by atoms with Gasteiger partial charge in [-0.1, -0.05) is 6.07 Å². The monoisotopic (exact) mass is 290 g/mol. The SMILES string of the molecule is COc1cc(C=CC(=O)OCC(N)=O)ccc1OCC#N. The summed E-state index contributed by atoms with van der Waals surface area (Å²) < 4.78 is 14.9. The summed E-state index contributed by atoms with van der Waals surface area (Å²) in [6.45, 7) is -0.557. The summed E-state index contributed by atoms with van der Waals surface area (Å²) in [6, 6.07) is 6.77. The first-order valence-corrected chi connectivity index (χ1v) is 5.87. The van der Waals surface area contributed by atoms with E-state index in [1.807, 2.05) is 6.07 Å². The van der Waals surface area contributed by atoms with E-state index in [-0.39, 0.29) is 6.61 Å². The van der Waals surface area contributed by atoms with E-state index in [1.165, 1.54) is 13.2 Å². The van der Waals surface area contributed by atoms with E-state index in [2.05, 4.69) is 4.74 Å². The van der Waals surface area contributed by atoms with Gasteiger partial charge in [0.05, 0.1) is 7.11 Å². The third kappa shape index (κ3) is 5.65. The molecule has 0 aliphatic rings. The molecule has 110 valence electrons. The highest BCUT2D eigenvalue weighted by Crippen LogP contribution is 2.28. The third-order valence-electron chi connectivity index (χ3n) is 2.25. The Morgan fingerprint density at radius 2 is 2.14 bits per heavy atom. The van der Waals surface area contributed by atoms with Gasteiger partial charge >= 0.3 is 5.97 Å². The van der Waals surface area contributed by atoms with Gasteiger partial charge in [-0.3, -0.25) is 4.79 Å². The van der Waals surface area contributed by atoms with Crippen molar-refractivity contribution >= 4 is 18.0 Å². The van der Waals surface area contributed by atoms with Crippen molar-refractivity contribution < 1.29 is 23.8 Å². The first-order valence-electron chi connectivity index (χ1n) is 5.87. The Hall–Kier alpha value is -3.01. The fourth-order valence-electron chi connectivity index (χ4n) is 1.37. The Labute approximate surface area is 121 Å². The zero-order valence-electron chi connectivity index (χ0n) is 11.4. The number of ether oxygens (including phenoxy) is 3. The van der Waals surface area contributed by atoms with E-state index in [0.29, 0.717) is 17.1 Å². The molecular weight excluding hydrogens is 276 g/mol. The maximum atomic E-state index is 11.3. The molecule has 1 aromatic rings. The van der Waals surface area contributed by atoms with Crippen LogP contribution in [0.25, 0.3) is 6.08 Å². The van der Waals surface area contributed by atoms with Gasteiger partial charge < -0.3 is 19.9 Å². The van der Waals surface area contributed by atoms with Crippen molar-refractivity contribution in [2.75, 3.05) is 20.3 Å². The molecule has 1 rings (SSSR count). The number of carbonyl (C=O) groups is 2. The third-order valence-corrected chi connectivity index (χ3v) is 2.25.